The minimum absolute atomic E-state index is 0.383. The van der Waals surface area contributed by atoms with Crippen LogP contribution in [0.15, 0.2) is 0 Å². The maximum absolute atomic E-state index is 5.75. The average Bonchev–Trinajstić information content (AvgIpc) is 1.64. The Hall–Kier alpha value is 1.30. The molecule has 0 aliphatic carbocycles. The van der Waals surface area contributed by atoms with Crippen molar-refractivity contribution in [3.05, 3.63) is 0 Å². The molecule has 0 aliphatic rings. The quantitative estimate of drug-likeness (QED) is 0.462. The summed E-state index contributed by atoms with van der Waals surface area (Å²) in [5.41, 5.74) is 0.409. The molecule has 0 saturated carbocycles. The number of rotatable bonds is 2. The number of hydrogen-bond acceptors (Lipinski definition) is 0. The molecule has 0 rings (SSSR count). The molecule has 0 amide bonds. The highest BCUT2D eigenvalue weighted by Crippen LogP contribution is 2.54. The van der Waals surface area contributed by atoms with Crippen LogP contribution in [0.2, 0.25) is 0 Å². The van der Waals surface area contributed by atoms with Crippen molar-refractivity contribution >= 4 is 41.7 Å². The first-order valence-electron chi connectivity index (χ1n) is 2.28. The van der Waals surface area contributed by atoms with E-state index in [1.807, 2.05) is 13.8 Å². The lowest BCUT2D eigenvalue weighted by atomic mass is 10.6. The van der Waals surface area contributed by atoms with Crippen molar-refractivity contribution in [2.45, 2.75) is 24.1 Å². The van der Waals surface area contributed by atoms with Gasteiger partial charge in [-0.2, -0.15) is 0 Å². The molecule has 8 heavy (non-hydrogen) atoms. The molecule has 0 radical (unpaired) electrons. The van der Waals surface area contributed by atoms with Gasteiger partial charge in [0.2, 0.25) is 0 Å². The van der Waals surface area contributed by atoms with E-state index in [0.717, 1.165) is 0 Å². The van der Waals surface area contributed by atoms with Gasteiger partial charge in [-0.1, -0.05) is 48.3 Å². The van der Waals surface area contributed by atoms with Crippen LogP contribution >= 0.6 is 41.7 Å². The van der Waals surface area contributed by atoms with Gasteiger partial charge in [-0.3, -0.25) is 0 Å². The fraction of sp³-hybridized carbons (Fsp3) is 1.00. The first-order valence-corrected chi connectivity index (χ1v) is 5.53. The molecule has 1 atom stereocenters. The van der Waals surface area contributed by atoms with Crippen LogP contribution in [0.25, 0.3) is 0 Å². The molecule has 0 bridgehead atoms. The summed E-state index contributed by atoms with van der Waals surface area (Å²) in [5, 5.41) is 0. The summed E-state index contributed by atoms with van der Waals surface area (Å²) in [7, 11) is -0.695. The zero-order valence-corrected chi connectivity index (χ0v) is 7.90. The third-order valence-corrected chi connectivity index (χ3v) is 5.66. The normalized spacial score (nSPS) is 15.4. The highest BCUT2D eigenvalue weighted by atomic mass is 35.7. The minimum atomic E-state index is -0.695. The maximum Gasteiger partial charge on any atom is 0.141 e. The van der Waals surface area contributed by atoms with Gasteiger partial charge in [-0.05, 0) is 5.66 Å². The second-order valence-corrected chi connectivity index (χ2v) is 6.83. The van der Waals surface area contributed by atoms with E-state index in [2.05, 4.69) is 0 Å². The fourth-order valence-electron chi connectivity index (χ4n) is 0.225. The fourth-order valence-corrected chi connectivity index (χ4v) is 2.03. The summed E-state index contributed by atoms with van der Waals surface area (Å²) in [6.07, 6.45) is 0. The van der Waals surface area contributed by atoms with Crippen molar-refractivity contribution in [1.29, 1.82) is 0 Å². The van der Waals surface area contributed by atoms with E-state index in [1.54, 1.807) is 0 Å². The first-order chi connectivity index (χ1) is 3.55. The second kappa shape index (κ2) is 4.17. The molecule has 0 aromatic heterocycles. The van der Waals surface area contributed by atoms with Crippen molar-refractivity contribution in [2.24, 2.45) is 0 Å². The Balaban J connectivity index is 3.46. The molecule has 0 nitrogen and oxygen atoms in total. The van der Waals surface area contributed by atoms with Gasteiger partial charge in [-0.25, -0.2) is 0 Å². The molecule has 0 spiro atoms. The summed E-state index contributed by atoms with van der Waals surface area (Å²) < 4.78 is -0.383. The Morgan fingerprint density at radius 3 is 1.62 bits per heavy atom. The van der Waals surface area contributed by atoms with Gasteiger partial charge < -0.3 is 0 Å². The number of alkyl halides is 2. The molecule has 0 aromatic carbocycles. The van der Waals surface area contributed by atoms with Crippen molar-refractivity contribution in [3.63, 3.8) is 0 Å². The van der Waals surface area contributed by atoms with E-state index in [0.29, 0.717) is 5.66 Å². The highest BCUT2D eigenvalue weighted by molar-refractivity contribution is 7.87. The molecule has 0 N–H and O–H groups in total. The Morgan fingerprint density at radius 2 is 1.62 bits per heavy atom. The largest absolute Gasteiger partial charge is 0.141 e. The molecule has 0 saturated heterocycles. The molecule has 4 heteroatoms. The second-order valence-electron chi connectivity index (χ2n) is 1.72. The molecule has 0 heterocycles. The average molecular weight is 193 g/mol. The van der Waals surface area contributed by atoms with E-state index >= 15 is 0 Å². The molecule has 0 fully saturated rings. The molecule has 0 aliphatic heterocycles. The summed E-state index contributed by atoms with van der Waals surface area (Å²) in [4.78, 5) is 0. The SMILES string of the molecule is CC(C)P(Cl)C(Cl)Cl. The van der Waals surface area contributed by atoms with E-state index < -0.39 is 7.27 Å². The van der Waals surface area contributed by atoms with E-state index in [1.165, 1.54) is 0 Å². The van der Waals surface area contributed by atoms with E-state index in [9.17, 15) is 0 Å². The van der Waals surface area contributed by atoms with E-state index in [-0.39, 0.29) is 4.58 Å². The summed E-state index contributed by atoms with van der Waals surface area (Å²) >= 11 is 16.7. The van der Waals surface area contributed by atoms with Gasteiger partial charge in [-0.15, -0.1) is 0 Å². The van der Waals surface area contributed by atoms with Gasteiger partial charge >= 0.3 is 0 Å². The minimum Gasteiger partial charge on any atom is -0.0989 e. The van der Waals surface area contributed by atoms with Gasteiger partial charge in [0.25, 0.3) is 0 Å². The van der Waals surface area contributed by atoms with Crippen molar-refractivity contribution in [2.75, 3.05) is 0 Å². The Morgan fingerprint density at radius 1 is 1.25 bits per heavy atom. The van der Waals surface area contributed by atoms with E-state index in [4.69, 9.17) is 34.4 Å². The zero-order chi connectivity index (χ0) is 6.73. The van der Waals surface area contributed by atoms with Crippen LogP contribution in [0.1, 0.15) is 13.8 Å². The zero-order valence-electron chi connectivity index (χ0n) is 4.74. The van der Waals surface area contributed by atoms with Gasteiger partial charge in [0.15, 0.2) is 0 Å². The lowest BCUT2D eigenvalue weighted by Crippen LogP contribution is -1.92. The van der Waals surface area contributed by atoms with Crippen LogP contribution in [-0.4, -0.2) is 10.2 Å². The maximum atomic E-state index is 5.75. The summed E-state index contributed by atoms with van der Waals surface area (Å²) in [5.74, 6) is 0. The van der Waals surface area contributed by atoms with Crippen LogP contribution in [0.5, 0.6) is 0 Å². The van der Waals surface area contributed by atoms with Crippen LogP contribution in [-0.2, 0) is 0 Å². The standard InChI is InChI=1S/C4H8Cl3P/c1-3(2)8(7)4(5)6/h3-4H,1-2H3. The summed E-state index contributed by atoms with van der Waals surface area (Å²) in [6.45, 7) is 4.02. The van der Waals surface area contributed by atoms with Crippen LogP contribution in [0, 0.1) is 0 Å². The lowest BCUT2D eigenvalue weighted by molar-refractivity contribution is 1.10. The molecular weight excluding hydrogens is 185 g/mol. The van der Waals surface area contributed by atoms with Gasteiger partial charge in [0.1, 0.15) is 4.58 Å². The Kier molecular flexibility index (Phi) is 4.85. The highest BCUT2D eigenvalue weighted by Gasteiger charge is 2.16. The van der Waals surface area contributed by atoms with Gasteiger partial charge in [0.05, 0.1) is 0 Å². The first kappa shape index (κ1) is 9.30. The number of hydrogen-bond donors (Lipinski definition) is 0. The predicted molar refractivity (Wildman–Crippen MR) is 43.4 cm³/mol. The summed E-state index contributed by atoms with van der Waals surface area (Å²) in [6, 6.07) is 0. The lowest BCUT2D eigenvalue weighted by Gasteiger charge is -2.12. The molecule has 50 valence electrons. The Bertz CT molecular complexity index is 56.3. The smallest absolute Gasteiger partial charge is 0.0989 e. The van der Waals surface area contributed by atoms with Gasteiger partial charge in [0, 0.05) is 7.27 Å². The van der Waals surface area contributed by atoms with Crippen LogP contribution in [0.3, 0.4) is 0 Å². The Labute approximate surface area is 66.0 Å². The molecule has 0 aromatic rings. The molecule has 1 unspecified atom stereocenters. The number of halogens is 3. The predicted octanol–water partition coefficient (Wildman–Crippen LogP) is 3.79. The van der Waals surface area contributed by atoms with Crippen molar-refractivity contribution in [1.82, 2.24) is 0 Å². The monoisotopic (exact) mass is 192 g/mol. The van der Waals surface area contributed by atoms with Crippen LogP contribution < -0.4 is 0 Å². The van der Waals surface area contributed by atoms with Crippen LogP contribution in [0.4, 0.5) is 0 Å². The third kappa shape index (κ3) is 3.35. The third-order valence-electron chi connectivity index (χ3n) is 0.680. The van der Waals surface area contributed by atoms with Crippen molar-refractivity contribution < 1.29 is 0 Å². The van der Waals surface area contributed by atoms with Crippen molar-refractivity contribution in [3.8, 4) is 0 Å². The molecular formula is C4H8Cl3P. The topological polar surface area (TPSA) is 0 Å².